The standard InChI is InChI=1S/C22H25N5O4/c1-15-14-18(23-21-16(15)4-3-5-17(21)31-2)25-10-12-26(13-11-25)20(29)7-9-27-8-6-19(28)24-22(27)30/h3-6,8,14H,7,9-13H2,1-2H3,(H,24,28,30). The number of anilines is 1. The third kappa shape index (κ3) is 4.30. The van der Waals surface area contributed by atoms with Gasteiger partial charge < -0.3 is 19.1 Å². The van der Waals surface area contributed by atoms with Crippen molar-refractivity contribution in [2.75, 3.05) is 38.2 Å². The summed E-state index contributed by atoms with van der Waals surface area (Å²) in [5, 5.41) is 1.06. The van der Waals surface area contributed by atoms with Gasteiger partial charge in [0.25, 0.3) is 5.56 Å². The largest absolute Gasteiger partial charge is 0.494 e. The third-order valence-corrected chi connectivity index (χ3v) is 5.64. The molecule has 1 aromatic carbocycles. The molecule has 9 heteroatoms. The van der Waals surface area contributed by atoms with Gasteiger partial charge in [0.2, 0.25) is 5.91 Å². The number of rotatable bonds is 5. The van der Waals surface area contributed by atoms with Crippen molar-refractivity contribution in [2.24, 2.45) is 0 Å². The number of fused-ring (bicyclic) bond motifs is 1. The molecule has 2 aromatic heterocycles. The van der Waals surface area contributed by atoms with Crippen LogP contribution >= 0.6 is 0 Å². The number of aromatic amines is 1. The minimum atomic E-state index is -0.502. The number of H-pyrrole nitrogens is 1. The highest BCUT2D eigenvalue weighted by Gasteiger charge is 2.22. The number of piperazine rings is 1. The molecule has 0 atom stereocenters. The lowest BCUT2D eigenvalue weighted by Gasteiger charge is -2.35. The molecule has 162 valence electrons. The Morgan fingerprint density at radius 3 is 2.65 bits per heavy atom. The molecule has 0 aliphatic carbocycles. The number of methoxy groups -OCH3 is 1. The Morgan fingerprint density at radius 1 is 1.16 bits per heavy atom. The number of ether oxygens (including phenoxy) is 1. The van der Waals surface area contributed by atoms with E-state index in [0.717, 1.165) is 28.0 Å². The highest BCUT2D eigenvalue weighted by Crippen LogP contribution is 2.29. The fraction of sp³-hybridized carbons (Fsp3) is 0.364. The van der Waals surface area contributed by atoms with Crippen molar-refractivity contribution < 1.29 is 9.53 Å². The summed E-state index contributed by atoms with van der Waals surface area (Å²) in [7, 11) is 1.64. The monoisotopic (exact) mass is 423 g/mol. The van der Waals surface area contributed by atoms with Gasteiger partial charge in [-0.15, -0.1) is 0 Å². The summed E-state index contributed by atoms with van der Waals surface area (Å²) in [6.45, 7) is 4.83. The predicted molar refractivity (Wildman–Crippen MR) is 118 cm³/mol. The van der Waals surface area contributed by atoms with Crippen LogP contribution in [-0.4, -0.2) is 58.6 Å². The number of hydrogen-bond donors (Lipinski definition) is 1. The van der Waals surface area contributed by atoms with Crippen LogP contribution in [0.1, 0.15) is 12.0 Å². The average Bonchev–Trinajstić information content (AvgIpc) is 2.78. The first-order valence-corrected chi connectivity index (χ1v) is 10.2. The highest BCUT2D eigenvalue weighted by molar-refractivity contribution is 5.89. The molecule has 1 aliphatic rings. The molecule has 4 rings (SSSR count). The minimum absolute atomic E-state index is 0.0120. The Bertz CT molecular complexity index is 1220. The van der Waals surface area contributed by atoms with E-state index in [0.29, 0.717) is 26.2 Å². The van der Waals surface area contributed by atoms with Gasteiger partial charge in [-0.05, 0) is 24.6 Å². The van der Waals surface area contributed by atoms with Crippen LogP contribution in [0.3, 0.4) is 0 Å². The first-order valence-electron chi connectivity index (χ1n) is 10.2. The molecule has 1 amide bonds. The van der Waals surface area contributed by atoms with Crippen LogP contribution in [0.2, 0.25) is 0 Å². The summed E-state index contributed by atoms with van der Waals surface area (Å²) < 4.78 is 6.81. The zero-order valence-corrected chi connectivity index (χ0v) is 17.6. The normalized spacial score (nSPS) is 14.1. The molecule has 1 fully saturated rings. The summed E-state index contributed by atoms with van der Waals surface area (Å²) in [5.74, 6) is 1.61. The summed E-state index contributed by atoms with van der Waals surface area (Å²) in [6.07, 6.45) is 1.62. The van der Waals surface area contributed by atoms with Crippen LogP contribution in [0.4, 0.5) is 5.82 Å². The minimum Gasteiger partial charge on any atom is -0.494 e. The van der Waals surface area contributed by atoms with Crippen LogP contribution in [0, 0.1) is 6.92 Å². The maximum absolute atomic E-state index is 12.6. The molecular formula is C22H25N5O4. The molecule has 3 aromatic rings. The van der Waals surface area contributed by atoms with Crippen molar-refractivity contribution in [3.05, 3.63) is 62.9 Å². The number of nitrogens with one attached hydrogen (secondary N) is 1. The van der Waals surface area contributed by atoms with Crippen molar-refractivity contribution in [2.45, 2.75) is 19.9 Å². The molecule has 9 nitrogen and oxygen atoms in total. The lowest BCUT2D eigenvalue weighted by atomic mass is 10.1. The first-order chi connectivity index (χ1) is 15.0. The second-order valence-corrected chi connectivity index (χ2v) is 7.58. The van der Waals surface area contributed by atoms with Gasteiger partial charge in [-0.2, -0.15) is 0 Å². The molecule has 0 unspecified atom stereocenters. The number of carbonyl (C=O) groups is 1. The van der Waals surface area contributed by atoms with Gasteiger partial charge in [-0.25, -0.2) is 9.78 Å². The SMILES string of the molecule is COc1cccc2c(C)cc(N3CCN(C(=O)CCn4ccc(=O)[nH]c4=O)CC3)nc12. The second kappa shape index (κ2) is 8.63. The maximum atomic E-state index is 12.6. The predicted octanol–water partition coefficient (Wildman–Crippen LogP) is 1.14. The van der Waals surface area contributed by atoms with E-state index in [1.165, 1.54) is 16.8 Å². The Labute approximate surface area is 178 Å². The number of para-hydroxylation sites is 1. The smallest absolute Gasteiger partial charge is 0.328 e. The van der Waals surface area contributed by atoms with E-state index in [1.807, 2.05) is 23.1 Å². The zero-order valence-electron chi connectivity index (χ0n) is 17.6. The van der Waals surface area contributed by atoms with Gasteiger partial charge in [0, 0.05) is 56.8 Å². The molecule has 0 radical (unpaired) electrons. The third-order valence-electron chi connectivity index (χ3n) is 5.64. The number of aryl methyl sites for hydroxylation is 2. The van der Waals surface area contributed by atoms with Gasteiger partial charge in [0.15, 0.2) is 0 Å². The highest BCUT2D eigenvalue weighted by atomic mass is 16.5. The average molecular weight is 423 g/mol. The van der Waals surface area contributed by atoms with Crippen molar-refractivity contribution in [3.8, 4) is 5.75 Å². The summed E-state index contributed by atoms with van der Waals surface area (Å²) in [4.78, 5) is 46.5. The van der Waals surface area contributed by atoms with Crippen LogP contribution in [0.25, 0.3) is 10.9 Å². The topological polar surface area (TPSA) is 101 Å². The van der Waals surface area contributed by atoms with E-state index in [2.05, 4.69) is 22.9 Å². The lowest BCUT2D eigenvalue weighted by Crippen LogP contribution is -2.49. The van der Waals surface area contributed by atoms with Gasteiger partial charge in [-0.1, -0.05) is 12.1 Å². The first kappa shape index (κ1) is 20.6. The van der Waals surface area contributed by atoms with Crippen molar-refractivity contribution in [3.63, 3.8) is 0 Å². The van der Waals surface area contributed by atoms with E-state index in [1.54, 1.807) is 7.11 Å². The summed E-state index contributed by atoms with van der Waals surface area (Å²) >= 11 is 0. The van der Waals surface area contributed by atoms with Crippen LogP contribution in [0.15, 0.2) is 46.1 Å². The second-order valence-electron chi connectivity index (χ2n) is 7.58. The number of hydrogen-bond acceptors (Lipinski definition) is 6. The van der Waals surface area contributed by atoms with Gasteiger partial charge in [0.05, 0.1) is 7.11 Å². The zero-order chi connectivity index (χ0) is 22.0. The molecule has 31 heavy (non-hydrogen) atoms. The number of amides is 1. The van der Waals surface area contributed by atoms with Gasteiger partial charge in [-0.3, -0.25) is 14.6 Å². The van der Waals surface area contributed by atoms with Crippen molar-refractivity contribution >= 4 is 22.6 Å². The number of benzene rings is 1. The molecule has 1 aliphatic heterocycles. The Balaban J connectivity index is 1.41. The van der Waals surface area contributed by atoms with E-state index >= 15 is 0 Å². The quantitative estimate of drug-likeness (QED) is 0.661. The number of aromatic nitrogens is 3. The van der Waals surface area contributed by atoms with Crippen molar-refractivity contribution in [1.82, 2.24) is 19.4 Å². The van der Waals surface area contributed by atoms with E-state index < -0.39 is 11.2 Å². The molecule has 0 saturated carbocycles. The molecule has 3 heterocycles. The molecular weight excluding hydrogens is 398 g/mol. The molecule has 1 N–H and O–H groups in total. The number of pyridine rings is 1. The van der Waals surface area contributed by atoms with E-state index in [-0.39, 0.29) is 18.9 Å². The fourth-order valence-electron chi connectivity index (χ4n) is 3.88. The lowest BCUT2D eigenvalue weighted by molar-refractivity contribution is -0.131. The van der Waals surface area contributed by atoms with E-state index in [4.69, 9.17) is 9.72 Å². The Hall–Kier alpha value is -3.62. The Morgan fingerprint density at radius 2 is 1.94 bits per heavy atom. The molecule has 1 saturated heterocycles. The Kier molecular flexibility index (Phi) is 5.75. The summed E-state index contributed by atoms with van der Waals surface area (Å²) in [5.41, 5.74) is 1.02. The van der Waals surface area contributed by atoms with Crippen LogP contribution in [0.5, 0.6) is 5.75 Å². The van der Waals surface area contributed by atoms with Crippen molar-refractivity contribution in [1.29, 1.82) is 0 Å². The number of nitrogens with zero attached hydrogens (tertiary/aromatic N) is 4. The molecule has 0 spiro atoms. The van der Waals surface area contributed by atoms with Gasteiger partial charge in [0.1, 0.15) is 17.1 Å². The fourth-order valence-corrected chi connectivity index (χ4v) is 3.88. The van der Waals surface area contributed by atoms with Gasteiger partial charge >= 0.3 is 5.69 Å². The van der Waals surface area contributed by atoms with Crippen LogP contribution < -0.4 is 20.9 Å². The summed E-state index contributed by atoms with van der Waals surface area (Å²) in [6, 6.07) is 9.25. The molecule has 0 bridgehead atoms. The maximum Gasteiger partial charge on any atom is 0.328 e. The van der Waals surface area contributed by atoms with Crippen LogP contribution in [-0.2, 0) is 11.3 Å². The van der Waals surface area contributed by atoms with E-state index in [9.17, 15) is 14.4 Å². The number of carbonyl (C=O) groups excluding carboxylic acids is 1.